The van der Waals surface area contributed by atoms with E-state index in [1.165, 1.54) is 33.8 Å². The van der Waals surface area contributed by atoms with Crippen LogP contribution in [0.1, 0.15) is 81.7 Å². The standard InChI is InChI=1S/C53H66N5O11.BrH/c1-9-32-23-33-26-52(48(62)67-7,43-35(34-15-11-12-16-38(34)54-43)29-58(27-32,28-33)30-42(60)57-21-13-17-39(57)44(61)66-6)37-24-36-40(25-41(37)65-5)55(4)46-51(36)19-22-56-20-14-18-50(10-2,45(51)56)47(69-31(3)59)53(46,64)49(63)68-8;/h11-12,14-16,18,23-25,33,39,45-47,54,64H,9-10,13,17,19-22,26-30H2,1-8H3;1H/q+1;/p-1/t33-,39-,45-,46+,47+,50+,51+,52-,53-,58+;/m0./s1. The number of quaternary nitrogens is 1. The van der Waals surface area contributed by atoms with Gasteiger partial charge in [0.25, 0.3) is 5.91 Å². The van der Waals surface area contributed by atoms with Gasteiger partial charge in [-0.2, -0.15) is 0 Å². The fourth-order valence-corrected chi connectivity index (χ4v) is 15.3. The van der Waals surface area contributed by atoms with E-state index in [9.17, 15) is 24.3 Å². The number of carbonyl (C=O) groups is 5. The highest BCUT2D eigenvalue weighted by molar-refractivity contribution is 5.95. The van der Waals surface area contributed by atoms with E-state index in [1.807, 2.05) is 55.3 Å². The number of aliphatic hydroxyl groups is 1. The quantitative estimate of drug-likeness (QED) is 0.129. The van der Waals surface area contributed by atoms with Gasteiger partial charge in [0.05, 0.1) is 41.0 Å². The van der Waals surface area contributed by atoms with Crippen LogP contribution >= 0.6 is 0 Å². The van der Waals surface area contributed by atoms with E-state index in [0.717, 1.165) is 28.5 Å². The van der Waals surface area contributed by atoms with Crippen molar-refractivity contribution in [3.05, 3.63) is 82.6 Å². The number of hydrogen-bond donors (Lipinski definition) is 2. The molecule has 1 saturated carbocycles. The van der Waals surface area contributed by atoms with Gasteiger partial charge >= 0.3 is 23.9 Å². The zero-order valence-corrected chi connectivity index (χ0v) is 43.1. The van der Waals surface area contributed by atoms with Crippen molar-refractivity contribution in [2.75, 3.05) is 79.7 Å². The molecule has 7 aliphatic rings. The van der Waals surface area contributed by atoms with E-state index >= 15 is 4.79 Å². The Morgan fingerprint density at radius 2 is 1.70 bits per heavy atom. The van der Waals surface area contributed by atoms with Crippen molar-refractivity contribution in [3.63, 3.8) is 0 Å². The molecule has 1 amide bonds. The van der Waals surface area contributed by atoms with Gasteiger partial charge in [0.1, 0.15) is 30.3 Å². The number of ether oxygens (including phenoxy) is 5. The number of anilines is 1. The van der Waals surface area contributed by atoms with Crippen molar-refractivity contribution in [1.82, 2.24) is 14.8 Å². The Balaban J connectivity index is 0.00000608. The highest BCUT2D eigenvalue weighted by Crippen LogP contribution is 2.68. The van der Waals surface area contributed by atoms with Gasteiger partial charge in [-0.05, 0) is 68.3 Å². The number of aromatic amines is 1. The molecule has 376 valence electrons. The van der Waals surface area contributed by atoms with Crippen molar-refractivity contribution >= 4 is 46.4 Å². The number of fused-ring (bicyclic) bond motifs is 6. The number of halogens is 1. The topological polar surface area (TPSA) is 177 Å². The number of aromatic nitrogens is 1. The number of methoxy groups -OCH3 is 4. The number of nitrogens with zero attached hydrogens (tertiary/aromatic N) is 4. The van der Waals surface area contributed by atoms with Gasteiger partial charge in [0.15, 0.2) is 12.6 Å². The van der Waals surface area contributed by atoms with Gasteiger partial charge < -0.3 is 65.0 Å². The number of H-pyrrole nitrogens is 1. The molecule has 16 nitrogen and oxygen atoms in total. The van der Waals surface area contributed by atoms with Crippen LogP contribution in [0.3, 0.4) is 0 Å². The number of benzene rings is 2. The normalized spacial score (nSPS) is 33.6. The molecule has 10 atom stereocenters. The van der Waals surface area contributed by atoms with Crippen molar-refractivity contribution < 1.29 is 74.2 Å². The fraction of sp³-hybridized carbons (Fsp3) is 0.566. The monoisotopic (exact) mass is 1030 g/mol. The number of hydrogen-bond acceptors (Lipinski definition) is 13. The van der Waals surface area contributed by atoms with Crippen molar-refractivity contribution in [1.29, 1.82) is 0 Å². The predicted octanol–water partition coefficient (Wildman–Crippen LogP) is 1.44. The van der Waals surface area contributed by atoms with Crippen LogP contribution < -0.4 is 26.6 Å². The summed E-state index contributed by atoms with van der Waals surface area (Å²) in [5, 5.41) is 14.4. The molecule has 3 fully saturated rings. The summed E-state index contributed by atoms with van der Waals surface area (Å²) in [5.41, 5.74) is -0.178. The van der Waals surface area contributed by atoms with Gasteiger partial charge in [-0.1, -0.05) is 50.3 Å². The first-order valence-corrected chi connectivity index (χ1v) is 24.5. The predicted molar refractivity (Wildman–Crippen MR) is 254 cm³/mol. The van der Waals surface area contributed by atoms with Gasteiger partial charge in [0, 0.05) is 89.3 Å². The zero-order chi connectivity index (χ0) is 49.0. The summed E-state index contributed by atoms with van der Waals surface area (Å²) in [4.78, 5) is 80.7. The Bertz CT molecular complexity index is 2720. The van der Waals surface area contributed by atoms with Crippen molar-refractivity contribution in [2.45, 2.75) is 107 Å². The molecule has 0 unspecified atom stereocenters. The minimum atomic E-state index is -2.34. The molecular weight excluding hydrogens is 963 g/mol. The molecule has 0 radical (unpaired) electrons. The maximum absolute atomic E-state index is 15.6. The zero-order valence-electron chi connectivity index (χ0n) is 41.5. The maximum Gasteiger partial charge on any atom is 0.344 e. The Morgan fingerprint density at radius 1 is 0.943 bits per heavy atom. The summed E-state index contributed by atoms with van der Waals surface area (Å²) in [6.07, 6.45) is 8.31. The average molecular weight is 1030 g/mol. The summed E-state index contributed by atoms with van der Waals surface area (Å²) >= 11 is 0. The third kappa shape index (κ3) is 6.72. The van der Waals surface area contributed by atoms with E-state index in [2.05, 4.69) is 35.0 Å². The molecule has 10 rings (SSSR count). The molecule has 2 saturated heterocycles. The summed E-state index contributed by atoms with van der Waals surface area (Å²) < 4.78 is 29.7. The van der Waals surface area contributed by atoms with Crippen LogP contribution in [-0.4, -0.2) is 159 Å². The molecule has 1 aliphatic carbocycles. The molecule has 1 spiro atoms. The Morgan fingerprint density at radius 3 is 2.39 bits per heavy atom. The molecule has 3 aromatic rings. The Labute approximate surface area is 419 Å². The molecule has 17 heteroatoms. The fourth-order valence-electron chi connectivity index (χ4n) is 15.3. The Kier molecular flexibility index (Phi) is 12.7. The molecule has 2 bridgehead atoms. The number of amides is 1. The largest absolute Gasteiger partial charge is 1.00 e. The highest BCUT2D eigenvalue weighted by Gasteiger charge is 2.80. The smallest absolute Gasteiger partial charge is 0.344 e. The molecule has 2 aromatic carbocycles. The highest BCUT2D eigenvalue weighted by atomic mass is 79.9. The van der Waals surface area contributed by atoms with Gasteiger partial charge in [0.2, 0.25) is 5.60 Å². The number of likely N-dealkylation sites (tertiary alicyclic amines) is 1. The van der Waals surface area contributed by atoms with Crippen LogP contribution in [0.5, 0.6) is 5.75 Å². The first-order valence-electron chi connectivity index (χ1n) is 24.5. The average Bonchev–Trinajstić information content (AvgIpc) is 4.14. The number of esters is 4. The lowest BCUT2D eigenvalue weighted by Crippen LogP contribution is -3.00. The van der Waals surface area contributed by atoms with Gasteiger partial charge in [-0.3, -0.25) is 19.3 Å². The van der Waals surface area contributed by atoms with Crippen LogP contribution in [-0.2, 0) is 60.3 Å². The summed E-state index contributed by atoms with van der Waals surface area (Å²) in [7, 11) is 7.46. The molecule has 6 aliphatic heterocycles. The lowest BCUT2D eigenvalue weighted by atomic mass is 9.47. The number of rotatable bonds is 10. The van der Waals surface area contributed by atoms with Crippen LogP contribution in [0.2, 0.25) is 0 Å². The lowest BCUT2D eigenvalue weighted by molar-refractivity contribution is -0.934. The second kappa shape index (κ2) is 17.8. The van der Waals surface area contributed by atoms with E-state index in [0.29, 0.717) is 92.1 Å². The van der Waals surface area contributed by atoms with Crippen LogP contribution in [0, 0.1) is 11.3 Å². The van der Waals surface area contributed by atoms with E-state index < -0.39 is 63.9 Å². The van der Waals surface area contributed by atoms with E-state index in [4.69, 9.17) is 23.7 Å². The first-order chi connectivity index (χ1) is 33.1. The van der Waals surface area contributed by atoms with Gasteiger partial charge in [-0.25, -0.2) is 9.59 Å². The summed E-state index contributed by atoms with van der Waals surface area (Å²) in [5.74, 6) is -2.32. The minimum absolute atomic E-state index is 0. The van der Waals surface area contributed by atoms with Crippen LogP contribution in [0.15, 0.2) is 60.2 Å². The first kappa shape index (κ1) is 49.7. The summed E-state index contributed by atoms with van der Waals surface area (Å²) in [6.45, 7) is 8.88. The lowest BCUT2D eigenvalue weighted by Gasteiger charge is -2.63. The Hall–Kier alpha value is -5.23. The number of para-hydroxylation sites is 1. The van der Waals surface area contributed by atoms with Gasteiger partial charge in [-0.15, -0.1) is 0 Å². The SMILES string of the molecule is CCC1=C[C@H]2C[C@](C(=O)OC)(c3cc4c(cc3OC)N(C)[C@H]3[C@@](O)(C(=O)OC)[C@H](OC(C)=O)[C@]5(CC)C=CCN6CC[C@]43[C@@H]65)c3[nH]c4ccccc4c3C[N@@+](CC(=O)N3CCC[C@H]3C(=O)OC)(C1)C2.[Br-]. The van der Waals surface area contributed by atoms with Crippen molar-refractivity contribution in [2.24, 2.45) is 11.3 Å². The maximum atomic E-state index is 15.6. The second-order valence-electron chi connectivity index (χ2n) is 20.8. The number of nitrogens with one attached hydrogen (secondary N) is 1. The van der Waals surface area contributed by atoms with E-state index in [-0.39, 0.29) is 47.8 Å². The number of likely N-dealkylation sites (N-methyl/N-ethyl adjacent to an activating group) is 1. The van der Waals surface area contributed by atoms with Crippen molar-refractivity contribution in [3.8, 4) is 5.75 Å². The van der Waals surface area contributed by atoms with E-state index in [1.54, 1.807) is 12.0 Å². The molecule has 7 heterocycles. The number of carbonyl (C=O) groups excluding carboxylic acids is 5. The second-order valence-corrected chi connectivity index (χ2v) is 20.8. The van der Waals surface area contributed by atoms with Crippen LogP contribution in [0.4, 0.5) is 5.69 Å². The molecule has 70 heavy (non-hydrogen) atoms. The molecule has 2 N–H and O–H groups in total. The third-order valence-electron chi connectivity index (χ3n) is 17.6. The molecular formula is C53H66BrN5O11. The minimum Gasteiger partial charge on any atom is -1.00 e. The van der Waals surface area contributed by atoms with Crippen LogP contribution in [0.25, 0.3) is 10.9 Å². The summed E-state index contributed by atoms with van der Waals surface area (Å²) in [6, 6.07) is 10.1. The third-order valence-corrected chi connectivity index (χ3v) is 17.6. The molecule has 1 aromatic heterocycles.